The van der Waals surface area contributed by atoms with E-state index in [4.69, 9.17) is 0 Å². The molecular formula is C9H19N. The van der Waals surface area contributed by atoms with E-state index in [0.717, 1.165) is 13.0 Å². The Morgan fingerprint density at radius 1 is 1.30 bits per heavy atom. The Balaban J connectivity index is 0.000000371. The summed E-state index contributed by atoms with van der Waals surface area (Å²) in [5.74, 6) is 0. The van der Waals surface area contributed by atoms with Crippen LogP contribution in [-0.2, 0) is 0 Å². The summed E-state index contributed by atoms with van der Waals surface area (Å²) in [5.41, 5.74) is 0.530. The minimum absolute atomic E-state index is 0.530. The lowest BCUT2D eigenvalue weighted by Crippen LogP contribution is -2.16. The topological polar surface area (TPSA) is 12.4 Å². The molecule has 1 rings (SSSR count). The van der Waals surface area contributed by atoms with Crippen molar-refractivity contribution in [1.29, 1.82) is 0 Å². The maximum atomic E-state index is 4.15. The molecule has 0 N–H and O–H groups in total. The summed E-state index contributed by atoms with van der Waals surface area (Å²) in [6.45, 7) is 9.61. The molecule has 1 heteroatoms. The number of rotatable bonds is 0. The molecule has 60 valence electrons. The second-order valence-electron chi connectivity index (χ2n) is 3.21. The quantitative estimate of drug-likeness (QED) is 0.492. The minimum Gasteiger partial charge on any atom is -0.297 e. The van der Waals surface area contributed by atoms with E-state index in [9.17, 15) is 0 Å². The van der Waals surface area contributed by atoms with Crippen LogP contribution in [0.1, 0.15) is 40.5 Å². The lowest BCUT2D eigenvalue weighted by atomic mass is 9.85. The highest BCUT2D eigenvalue weighted by molar-refractivity contribution is 5.59. The molecule has 0 amide bonds. The van der Waals surface area contributed by atoms with E-state index in [1.165, 1.54) is 6.42 Å². The van der Waals surface area contributed by atoms with Crippen LogP contribution in [0.25, 0.3) is 0 Å². The lowest BCUT2D eigenvalue weighted by Gasteiger charge is -2.24. The number of nitrogens with zero attached hydrogens (tertiary/aromatic N) is 1. The first kappa shape index (κ1) is 9.67. The van der Waals surface area contributed by atoms with E-state index in [2.05, 4.69) is 18.8 Å². The monoisotopic (exact) mass is 141 g/mol. The van der Waals surface area contributed by atoms with Crippen LogP contribution in [0.15, 0.2) is 4.99 Å². The van der Waals surface area contributed by atoms with Gasteiger partial charge in [-0.1, -0.05) is 27.7 Å². The van der Waals surface area contributed by atoms with Gasteiger partial charge in [-0.3, -0.25) is 4.99 Å². The second-order valence-corrected chi connectivity index (χ2v) is 3.21. The molecule has 0 aromatic heterocycles. The molecule has 0 saturated carbocycles. The van der Waals surface area contributed by atoms with Gasteiger partial charge in [0.25, 0.3) is 0 Å². The van der Waals surface area contributed by atoms with Crippen molar-refractivity contribution < 1.29 is 0 Å². The van der Waals surface area contributed by atoms with Crippen molar-refractivity contribution in [1.82, 2.24) is 0 Å². The molecule has 0 aliphatic carbocycles. The Bertz CT molecular complexity index is 103. The van der Waals surface area contributed by atoms with Crippen LogP contribution in [0, 0.1) is 5.41 Å². The summed E-state index contributed by atoms with van der Waals surface area (Å²) in [6.07, 6.45) is 4.46. The van der Waals surface area contributed by atoms with E-state index in [-0.39, 0.29) is 0 Å². The van der Waals surface area contributed by atoms with Crippen molar-refractivity contribution in [3.63, 3.8) is 0 Å². The smallest absolute Gasteiger partial charge is 0.0390 e. The van der Waals surface area contributed by atoms with Crippen molar-refractivity contribution in [3.8, 4) is 0 Å². The highest BCUT2D eigenvalue weighted by Crippen LogP contribution is 2.25. The van der Waals surface area contributed by atoms with E-state index in [1.54, 1.807) is 0 Å². The number of hydrogen-bond acceptors (Lipinski definition) is 1. The van der Waals surface area contributed by atoms with Gasteiger partial charge in [0, 0.05) is 6.54 Å². The van der Waals surface area contributed by atoms with Crippen LogP contribution < -0.4 is 0 Å². The zero-order chi connectivity index (χ0) is 8.04. The Kier molecular flexibility index (Phi) is 4.33. The molecule has 0 spiro atoms. The third kappa shape index (κ3) is 3.65. The zero-order valence-corrected chi connectivity index (χ0v) is 7.65. The Morgan fingerprint density at radius 3 is 2.10 bits per heavy atom. The summed E-state index contributed by atoms with van der Waals surface area (Å²) < 4.78 is 0. The Labute approximate surface area is 64.6 Å². The molecular weight excluding hydrogens is 122 g/mol. The normalized spacial score (nSPS) is 21.2. The molecule has 0 unspecified atom stereocenters. The largest absolute Gasteiger partial charge is 0.297 e. The SMILES string of the molecule is CC.CC1(C)CC=NCC1. The first-order valence-corrected chi connectivity index (χ1v) is 4.19. The van der Waals surface area contributed by atoms with Crippen LogP contribution in [0.3, 0.4) is 0 Å². The van der Waals surface area contributed by atoms with Crippen molar-refractivity contribution >= 4 is 6.21 Å². The molecule has 0 atom stereocenters. The average molecular weight is 141 g/mol. The van der Waals surface area contributed by atoms with Gasteiger partial charge in [0.1, 0.15) is 0 Å². The predicted molar refractivity (Wildman–Crippen MR) is 47.7 cm³/mol. The number of hydrogen-bond donors (Lipinski definition) is 0. The fourth-order valence-corrected chi connectivity index (χ4v) is 0.872. The summed E-state index contributed by atoms with van der Waals surface area (Å²) in [6, 6.07) is 0. The van der Waals surface area contributed by atoms with Crippen LogP contribution in [0.4, 0.5) is 0 Å². The molecule has 1 aliphatic rings. The lowest BCUT2D eigenvalue weighted by molar-refractivity contribution is 0.348. The van der Waals surface area contributed by atoms with Crippen molar-refractivity contribution in [2.75, 3.05) is 6.54 Å². The molecule has 10 heavy (non-hydrogen) atoms. The van der Waals surface area contributed by atoms with Gasteiger partial charge in [0.2, 0.25) is 0 Å². The minimum atomic E-state index is 0.530. The van der Waals surface area contributed by atoms with Gasteiger partial charge in [0.15, 0.2) is 0 Å². The van der Waals surface area contributed by atoms with Crippen LogP contribution in [0.2, 0.25) is 0 Å². The second kappa shape index (κ2) is 4.48. The Hall–Kier alpha value is -0.330. The van der Waals surface area contributed by atoms with Gasteiger partial charge in [-0.15, -0.1) is 0 Å². The van der Waals surface area contributed by atoms with Crippen LogP contribution >= 0.6 is 0 Å². The molecule has 1 aliphatic heterocycles. The standard InChI is InChI=1S/C7H13N.C2H6/c1-7(2)3-5-8-6-4-7;1-2/h5H,3-4,6H2,1-2H3;1-2H3. The first-order chi connectivity index (χ1) is 4.71. The van der Waals surface area contributed by atoms with E-state index in [0.29, 0.717) is 5.41 Å². The van der Waals surface area contributed by atoms with Crippen LogP contribution in [-0.4, -0.2) is 12.8 Å². The van der Waals surface area contributed by atoms with E-state index in [1.807, 2.05) is 20.1 Å². The van der Waals surface area contributed by atoms with Gasteiger partial charge in [-0.25, -0.2) is 0 Å². The molecule has 1 heterocycles. The summed E-state index contributed by atoms with van der Waals surface area (Å²) in [7, 11) is 0. The fraction of sp³-hybridized carbons (Fsp3) is 0.889. The first-order valence-electron chi connectivity index (χ1n) is 4.19. The molecule has 0 aromatic carbocycles. The molecule has 0 bridgehead atoms. The van der Waals surface area contributed by atoms with Gasteiger partial charge < -0.3 is 0 Å². The van der Waals surface area contributed by atoms with Gasteiger partial charge in [0.05, 0.1) is 0 Å². The van der Waals surface area contributed by atoms with Crippen molar-refractivity contribution in [3.05, 3.63) is 0 Å². The predicted octanol–water partition coefficient (Wildman–Crippen LogP) is 2.90. The summed E-state index contributed by atoms with van der Waals surface area (Å²) in [4.78, 5) is 4.15. The van der Waals surface area contributed by atoms with E-state index >= 15 is 0 Å². The maximum absolute atomic E-state index is 4.15. The maximum Gasteiger partial charge on any atom is 0.0390 e. The third-order valence-corrected chi connectivity index (χ3v) is 1.69. The summed E-state index contributed by atoms with van der Waals surface area (Å²) >= 11 is 0. The van der Waals surface area contributed by atoms with Crippen molar-refractivity contribution in [2.24, 2.45) is 10.4 Å². The van der Waals surface area contributed by atoms with Crippen molar-refractivity contribution in [2.45, 2.75) is 40.5 Å². The Morgan fingerprint density at radius 2 is 1.90 bits per heavy atom. The molecule has 0 saturated heterocycles. The van der Waals surface area contributed by atoms with Gasteiger partial charge in [-0.2, -0.15) is 0 Å². The van der Waals surface area contributed by atoms with Gasteiger partial charge in [-0.05, 0) is 24.5 Å². The highest BCUT2D eigenvalue weighted by atomic mass is 14.7. The van der Waals surface area contributed by atoms with Gasteiger partial charge >= 0.3 is 0 Å². The van der Waals surface area contributed by atoms with E-state index < -0.39 is 0 Å². The third-order valence-electron chi connectivity index (χ3n) is 1.69. The van der Waals surface area contributed by atoms with Crippen LogP contribution in [0.5, 0.6) is 0 Å². The zero-order valence-electron chi connectivity index (χ0n) is 7.65. The molecule has 1 nitrogen and oxygen atoms in total. The summed E-state index contributed by atoms with van der Waals surface area (Å²) in [5, 5.41) is 0. The number of aliphatic imine (C=N–C) groups is 1. The molecule has 0 radical (unpaired) electrons. The fourth-order valence-electron chi connectivity index (χ4n) is 0.872. The average Bonchev–Trinajstić information content (AvgIpc) is 1.92. The molecule has 0 fully saturated rings. The molecule has 0 aromatic rings. The highest BCUT2D eigenvalue weighted by Gasteiger charge is 2.17.